The SMILES string of the molecule is CCC[C](C)C(C)CCS(=O)(=O)O. The molecule has 0 aliphatic rings. The van der Waals surface area contributed by atoms with Gasteiger partial charge in [-0.1, -0.05) is 27.2 Å². The molecule has 1 atom stereocenters. The molecule has 0 aromatic rings. The molecule has 1 radical (unpaired) electrons. The Kier molecular flexibility index (Phi) is 5.56. The molecule has 0 aliphatic heterocycles. The van der Waals surface area contributed by atoms with Gasteiger partial charge < -0.3 is 0 Å². The van der Waals surface area contributed by atoms with Crippen molar-refractivity contribution < 1.29 is 13.0 Å². The first-order valence-corrected chi connectivity index (χ1v) is 6.25. The summed E-state index contributed by atoms with van der Waals surface area (Å²) >= 11 is 0. The molecule has 0 rings (SSSR count). The van der Waals surface area contributed by atoms with Crippen LogP contribution in [0, 0.1) is 11.8 Å². The maximum Gasteiger partial charge on any atom is 0.264 e. The fourth-order valence-electron chi connectivity index (χ4n) is 1.21. The van der Waals surface area contributed by atoms with Crippen LogP contribution in [0.2, 0.25) is 0 Å². The largest absolute Gasteiger partial charge is 0.286 e. The summed E-state index contributed by atoms with van der Waals surface area (Å²) in [5.74, 6) is 1.46. The first-order chi connectivity index (χ1) is 5.87. The Morgan fingerprint density at radius 1 is 1.46 bits per heavy atom. The van der Waals surface area contributed by atoms with E-state index >= 15 is 0 Å². The smallest absolute Gasteiger partial charge is 0.264 e. The summed E-state index contributed by atoms with van der Waals surface area (Å²) in [4.78, 5) is 0. The van der Waals surface area contributed by atoms with Gasteiger partial charge in [0.2, 0.25) is 0 Å². The maximum atomic E-state index is 10.5. The molecular weight excluding hydrogens is 188 g/mol. The summed E-state index contributed by atoms with van der Waals surface area (Å²) in [5, 5.41) is 0. The summed E-state index contributed by atoms with van der Waals surface area (Å²) < 4.78 is 29.5. The van der Waals surface area contributed by atoms with Crippen molar-refractivity contribution in [1.29, 1.82) is 0 Å². The molecule has 0 saturated heterocycles. The lowest BCUT2D eigenvalue weighted by atomic mass is 9.90. The van der Waals surface area contributed by atoms with Crippen LogP contribution in [0.25, 0.3) is 0 Å². The molecule has 0 spiro atoms. The van der Waals surface area contributed by atoms with Gasteiger partial charge >= 0.3 is 0 Å². The second-order valence-electron chi connectivity index (χ2n) is 3.57. The minimum absolute atomic E-state index is 0.130. The van der Waals surface area contributed by atoms with Crippen molar-refractivity contribution in [2.24, 2.45) is 5.92 Å². The van der Waals surface area contributed by atoms with Crippen LogP contribution in [-0.2, 0) is 10.1 Å². The molecule has 0 aromatic heterocycles. The molecule has 4 heteroatoms. The zero-order chi connectivity index (χ0) is 10.5. The number of hydrogen-bond donors (Lipinski definition) is 1. The lowest BCUT2D eigenvalue weighted by molar-refractivity contribution is 0.467. The van der Waals surface area contributed by atoms with Crippen molar-refractivity contribution in [2.75, 3.05) is 5.75 Å². The van der Waals surface area contributed by atoms with E-state index in [1.807, 2.05) is 13.8 Å². The minimum Gasteiger partial charge on any atom is -0.286 e. The minimum atomic E-state index is -3.78. The Labute approximate surface area is 81.3 Å². The third-order valence-corrected chi connectivity index (χ3v) is 3.05. The molecule has 13 heavy (non-hydrogen) atoms. The standard InChI is InChI=1S/C9H19O3S/c1-4-5-8(2)9(3)6-7-13(10,11)12/h9H,4-7H2,1-3H3,(H,10,11,12). The number of hydrogen-bond acceptors (Lipinski definition) is 2. The number of rotatable bonds is 6. The van der Waals surface area contributed by atoms with Crippen LogP contribution in [0.5, 0.6) is 0 Å². The molecule has 79 valence electrons. The Morgan fingerprint density at radius 2 is 2.00 bits per heavy atom. The second kappa shape index (κ2) is 5.60. The van der Waals surface area contributed by atoms with Crippen LogP contribution in [0.3, 0.4) is 0 Å². The van der Waals surface area contributed by atoms with Gasteiger partial charge in [0, 0.05) is 0 Å². The van der Waals surface area contributed by atoms with Gasteiger partial charge in [0.25, 0.3) is 10.1 Å². The van der Waals surface area contributed by atoms with E-state index in [1.54, 1.807) is 0 Å². The van der Waals surface area contributed by atoms with Crippen LogP contribution in [0.4, 0.5) is 0 Å². The Balaban J connectivity index is 3.80. The molecule has 0 heterocycles. The fraction of sp³-hybridized carbons (Fsp3) is 0.889. The van der Waals surface area contributed by atoms with Gasteiger partial charge in [-0.2, -0.15) is 8.42 Å². The van der Waals surface area contributed by atoms with Gasteiger partial charge in [-0.3, -0.25) is 4.55 Å². The zero-order valence-electron chi connectivity index (χ0n) is 8.58. The van der Waals surface area contributed by atoms with E-state index in [-0.39, 0.29) is 11.7 Å². The van der Waals surface area contributed by atoms with Gasteiger partial charge in [-0.05, 0) is 24.7 Å². The van der Waals surface area contributed by atoms with E-state index in [2.05, 4.69) is 6.92 Å². The van der Waals surface area contributed by atoms with Gasteiger partial charge in [0.15, 0.2) is 0 Å². The van der Waals surface area contributed by atoms with Crippen molar-refractivity contribution in [3.63, 3.8) is 0 Å². The molecule has 0 aliphatic carbocycles. The van der Waals surface area contributed by atoms with Gasteiger partial charge in [-0.25, -0.2) is 0 Å². The van der Waals surface area contributed by atoms with Crippen molar-refractivity contribution in [3.05, 3.63) is 5.92 Å². The van der Waals surface area contributed by atoms with Gasteiger partial charge in [0.05, 0.1) is 5.75 Å². The molecule has 1 unspecified atom stereocenters. The second-order valence-corrected chi connectivity index (χ2v) is 5.14. The maximum absolute atomic E-state index is 10.5. The first kappa shape index (κ1) is 12.9. The lowest BCUT2D eigenvalue weighted by Crippen LogP contribution is -2.12. The molecular formula is C9H19O3S. The third-order valence-electron chi connectivity index (χ3n) is 2.29. The van der Waals surface area contributed by atoms with Crippen LogP contribution < -0.4 is 0 Å². The molecule has 1 N–H and O–H groups in total. The van der Waals surface area contributed by atoms with Crippen LogP contribution in [0.1, 0.15) is 40.0 Å². The summed E-state index contributed by atoms with van der Waals surface area (Å²) in [6.07, 6.45) is 2.64. The van der Waals surface area contributed by atoms with E-state index in [4.69, 9.17) is 4.55 Å². The Hall–Kier alpha value is -0.0900. The first-order valence-electron chi connectivity index (χ1n) is 4.64. The van der Waals surface area contributed by atoms with Crippen molar-refractivity contribution >= 4 is 10.1 Å². The summed E-state index contributed by atoms with van der Waals surface area (Å²) in [6.45, 7) is 6.13. The molecule has 0 bridgehead atoms. The van der Waals surface area contributed by atoms with Crippen molar-refractivity contribution in [1.82, 2.24) is 0 Å². The van der Waals surface area contributed by atoms with E-state index in [9.17, 15) is 8.42 Å². The van der Waals surface area contributed by atoms with Gasteiger partial charge in [0.1, 0.15) is 0 Å². The van der Waals surface area contributed by atoms with Crippen LogP contribution in [-0.4, -0.2) is 18.7 Å². The van der Waals surface area contributed by atoms with E-state index < -0.39 is 10.1 Å². The van der Waals surface area contributed by atoms with Gasteiger partial charge in [-0.15, -0.1) is 0 Å². The molecule has 0 saturated carbocycles. The van der Waals surface area contributed by atoms with Crippen molar-refractivity contribution in [3.8, 4) is 0 Å². The predicted molar refractivity (Wildman–Crippen MR) is 54.0 cm³/mol. The highest BCUT2D eigenvalue weighted by atomic mass is 32.2. The lowest BCUT2D eigenvalue weighted by Gasteiger charge is -2.17. The predicted octanol–water partition coefficient (Wildman–Crippen LogP) is 2.29. The average molecular weight is 207 g/mol. The van der Waals surface area contributed by atoms with Crippen LogP contribution >= 0.6 is 0 Å². The summed E-state index contributed by atoms with van der Waals surface area (Å²) in [7, 11) is -3.78. The Bertz CT molecular complexity index is 221. The van der Waals surface area contributed by atoms with Crippen molar-refractivity contribution in [2.45, 2.75) is 40.0 Å². The topological polar surface area (TPSA) is 54.4 Å². The fourth-order valence-corrected chi connectivity index (χ4v) is 1.86. The van der Waals surface area contributed by atoms with E-state index in [1.165, 1.54) is 5.92 Å². The normalized spacial score (nSPS) is 14.8. The molecule has 0 aromatic carbocycles. The summed E-state index contributed by atoms with van der Waals surface area (Å²) in [5.41, 5.74) is 0. The van der Waals surface area contributed by atoms with E-state index in [0.29, 0.717) is 6.42 Å². The quantitative estimate of drug-likeness (QED) is 0.680. The highest BCUT2D eigenvalue weighted by Gasteiger charge is 2.14. The average Bonchev–Trinajstić information content (AvgIpc) is 1.99. The zero-order valence-corrected chi connectivity index (χ0v) is 9.39. The highest BCUT2D eigenvalue weighted by molar-refractivity contribution is 7.85. The summed E-state index contributed by atoms with van der Waals surface area (Å²) in [6, 6.07) is 0. The Morgan fingerprint density at radius 3 is 2.38 bits per heavy atom. The van der Waals surface area contributed by atoms with E-state index in [0.717, 1.165) is 12.8 Å². The monoisotopic (exact) mass is 207 g/mol. The highest BCUT2D eigenvalue weighted by Crippen LogP contribution is 2.22. The molecule has 0 fully saturated rings. The molecule has 0 amide bonds. The molecule has 3 nitrogen and oxygen atoms in total. The third kappa shape index (κ3) is 7.02. The van der Waals surface area contributed by atoms with Crippen LogP contribution in [0.15, 0.2) is 0 Å².